The molecule has 0 atom stereocenters. The summed E-state index contributed by atoms with van der Waals surface area (Å²) in [5.74, 6) is 0.572. The quantitative estimate of drug-likeness (QED) is 0.257. The number of pyridine rings is 3. The normalized spacial score (nSPS) is 11.4. The van der Waals surface area contributed by atoms with Gasteiger partial charge in [-0.1, -0.05) is 13.3 Å². The molecule has 0 unspecified atom stereocenters. The second kappa shape index (κ2) is 9.31. The van der Waals surface area contributed by atoms with Gasteiger partial charge in [0.05, 0.1) is 28.6 Å². The van der Waals surface area contributed by atoms with Crippen LogP contribution in [0.5, 0.6) is 0 Å². The third-order valence-corrected chi connectivity index (χ3v) is 6.61. The summed E-state index contributed by atoms with van der Waals surface area (Å²) in [5.41, 5.74) is 7.87. The summed E-state index contributed by atoms with van der Waals surface area (Å²) in [5, 5.41) is 14.6. The minimum Gasteiger partial charge on any atom is -0.335 e. The third-order valence-electron chi connectivity index (χ3n) is 5.93. The van der Waals surface area contributed by atoms with Gasteiger partial charge in [0.1, 0.15) is 5.52 Å². The molecule has 6 aromatic rings. The van der Waals surface area contributed by atoms with Crippen molar-refractivity contribution in [2.45, 2.75) is 26.2 Å². The number of fused-ring (bicyclic) bond motifs is 2. The lowest BCUT2D eigenvalue weighted by Crippen LogP contribution is -2.11. The zero-order valence-electron chi connectivity index (χ0n) is 19.4. The molecule has 0 bridgehead atoms. The third kappa shape index (κ3) is 4.11. The van der Waals surface area contributed by atoms with Gasteiger partial charge in [-0.05, 0) is 53.1 Å². The van der Waals surface area contributed by atoms with Crippen molar-refractivity contribution in [1.29, 1.82) is 0 Å². The first-order chi connectivity index (χ1) is 17.7. The molecule has 9 nitrogen and oxygen atoms in total. The van der Waals surface area contributed by atoms with Crippen LogP contribution in [0.4, 0.5) is 5.69 Å². The molecule has 0 spiro atoms. The second-order valence-corrected chi connectivity index (χ2v) is 9.21. The van der Waals surface area contributed by atoms with Crippen molar-refractivity contribution in [3.63, 3.8) is 0 Å². The average molecular weight is 495 g/mol. The highest BCUT2D eigenvalue weighted by Gasteiger charge is 2.17. The number of H-pyrrole nitrogens is 2. The molecular weight excluding hydrogens is 472 g/mol. The van der Waals surface area contributed by atoms with Crippen molar-refractivity contribution in [1.82, 2.24) is 35.1 Å². The van der Waals surface area contributed by atoms with E-state index in [2.05, 4.69) is 48.8 Å². The van der Waals surface area contributed by atoms with E-state index in [-0.39, 0.29) is 5.91 Å². The number of hydrogen-bond acceptors (Lipinski definition) is 7. The zero-order valence-corrected chi connectivity index (χ0v) is 20.3. The summed E-state index contributed by atoms with van der Waals surface area (Å²) in [6, 6.07) is 9.76. The molecule has 3 N–H and O–H groups in total. The van der Waals surface area contributed by atoms with Gasteiger partial charge in [0, 0.05) is 29.9 Å². The maximum absolute atomic E-state index is 12.2. The van der Waals surface area contributed by atoms with Gasteiger partial charge in [0.15, 0.2) is 17.2 Å². The Bertz CT molecular complexity index is 1690. The molecule has 6 aromatic heterocycles. The molecule has 178 valence electrons. The van der Waals surface area contributed by atoms with Crippen LogP contribution in [-0.4, -0.2) is 41.0 Å². The highest BCUT2D eigenvalue weighted by molar-refractivity contribution is 7.08. The minimum absolute atomic E-state index is 0.0170. The van der Waals surface area contributed by atoms with Crippen LogP contribution < -0.4 is 5.32 Å². The number of carbonyl (C=O) groups excluding carboxylic acids is 1. The van der Waals surface area contributed by atoms with Crippen LogP contribution in [0.1, 0.15) is 26.2 Å². The Hall–Kier alpha value is -4.44. The highest BCUT2D eigenvalue weighted by Crippen LogP contribution is 2.32. The van der Waals surface area contributed by atoms with E-state index in [4.69, 9.17) is 9.97 Å². The molecule has 0 aromatic carbocycles. The summed E-state index contributed by atoms with van der Waals surface area (Å²) in [7, 11) is 0. The molecule has 36 heavy (non-hydrogen) atoms. The summed E-state index contributed by atoms with van der Waals surface area (Å²) in [4.78, 5) is 33.9. The Labute approximate surface area is 210 Å². The molecule has 6 rings (SSSR count). The Morgan fingerprint density at radius 1 is 1.11 bits per heavy atom. The lowest BCUT2D eigenvalue weighted by molar-refractivity contribution is -0.116. The second-order valence-electron chi connectivity index (χ2n) is 8.43. The fraction of sp³-hybridized carbons (Fsp3) is 0.154. The first-order valence-corrected chi connectivity index (χ1v) is 12.6. The van der Waals surface area contributed by atoms with E-state index < -0.39 is 0 Å². The van der Waals surface area contributed by atoms with E-state index in [1.165, 1.54) is 0 Å². The number of thiophene rings is 1. The number of nitrogens with zero attached hydrogens (tertiary/aromatic N) is 5. The summed E-state index contributed by atoms with van der Waals surface area (Å²) in [6.07, 6.45) is 7.45. The van der Waals surface area contributed by atoms with Crippen LogP contribution in [0.2, 0.25) is 0 Å². The van der Waals surface area contributed by atoms with Crippen molar-refractivity contribution in [3.05, 3.63) is 59.7 Å². The first-order valence-electron chi connectivity index (χ1n) is 11.7. The minimum atomic E-state index is -0.0170. The van der Waals surface area contributed by atoms with E-state index in [1.54, 1.807) is 29.9 Å². The van der Waals surface area contributed by atoms with Crippen LogP contribution >= 0.6 is 11.3 Å². The van der Waals surface area contributed by atoms with Gasteiger partial charge in [-0.3, -0.25) is 14.9 Å². The highest BCUT2D eigenvalue weighted by atomic mass is 32.1. The predicted molar refractivity (Wildman–Crippen MR) is 141 cm³/mol. The molecule has 0 aliphatic carbocycles. The van der Waals surface area contributed by atoms with Crippen LogP contribution in [0.3, 0.4) is 0 Å². The topological polar surface area (TPSA) is 125 Å². The molecule has 0 aliphatic rings. The van der Waals surface area contributed by atoms with Gasteiger partial charge in [0.25, 0.3) is 0 Å². The summed E-state index contributed by atoms with van der Waals surface area (Å²) < 4.78 is 0. The molecule has 0 aliphatic heterocycles. The molecule has 0 saturated heterocycles. The molecule has 0 fully saturated rings. The van der Waals surface area contributed by atoms with Crippen LogP contribution in [0, 0.1) is 0 Å². The van der Waals surface area contributed by atoms with Gasteiger partial charge in [0.2, 0.25) is 5.91 Å². The Morgan fingerprint density at radius 2 is 2.06 bits per heavy atom. The van der Waals surface area contributed by atoms with E-state index in [9.17, 15) is 4.79 Å². The van der Waals surface area contributed by atoms with Crippen molar-refractivity contribution in [2.75, 3.05) is 5.32 Å². The molecule has 1 amide bonds. The maximum atomic E-state index is 12.2. The Balaban J connectivity index is 1.37. The first kappa shape index (κ1) is 22.1. The standard InChI is InChI=1S/C26H22N8OS/c1-2-3-4-21(35)29-17-11-16(12-27-13-17)19-5-6-20-23(30-19)24(34-33-20)26-31-22-18(15-8-10-36-14-15)7-9-28-25(22)32-26/h5-14H,2-4H2,1H3,(H,29,35)(H,33,34)(H,28,31,32). The summed E-state index contributed by atoms with van der Waals surface area (Å²) >= 11 is 1.65. The van der Waals surface area contributed by atoms with Crippen molar-refractivity contribution < 1.29 is 4.79 Å². The zero-order chi connectivity index (χ0) is 24.5. The number of amides is 1. The van der Waals surface area contributed by atoms with E-state index in [0.29, 0.717) is 34.8 Å². The number of anilines is 1. The van der Waals surface area contributed by atoms with E-state index in [1.807, 2.05) is 29.6 Å². The van der Waals surface area contributed by atoms with Crippen LogP contribution in [0.25, 0.3) is 56.1 Å². The van der Waals surface area contributed by atoms with E-state index >= 15 is 0 Å². The van der Waals surface area contributed by atoms with Gasteiger partial charge in [-0.15, -0.1) is 0 Å². The number of aromatic nitrogens is 7. The molecule has 0 radical (unpaired) electrons. The Morgan fingerprint density at radius 3 is 2.92 bits per heavy atom. The number of aromatic amines is 2. The van der Waals surface area contributed by atoms with Gasteiger partial charge in [-0.25, -0.2) is 15.0 Å². The number of hydrogen-bond donors (Lipinski definition) is 3. The molecule has 6 heterocycles. The number of nitrogens with one attached hydrogen (secondary N) is 3. The number of unbranched alkanes of at least 4 members (excludes halogenated alkanes) is 1. The average Bonchev–Trinajstić information content (AvgIpc) is 3.66. The van der Waals surface area contributed by atoms with Gasteiger partial charge < -0.3 is 10.3 Å². The van der Waals surface area contributed by atoms with Crippen molar-refractivity contribution in [2.24, 2.45) is 0 Å². The monoisotopic (exact) mass is 494 g/mol. The molecular formula is C26H22N8OS. The molecule has 10 heteroatoms. The maximum Gasteiger partial charge on any atom is 0.224 e. The SMILES string of the molecule is CCCCC(=O)Nc1cncc(-c2ccc3[nH]nc(-c4nc5nccc(-c6ccsc6)c5[nH]4)c3n2)c1. The predicted octanol–water partition coefficient (Wildman–Crippen LogP) is 5.82. The van der Waals surface area contributed by atoms with Gasteiger partial charge >= 0.3 is 0 Å². The largest absolute Gasteiger partial charge is 0.335 e. The van der Waals surface area contributed by atoms with Crippen LogP contribution in [-0.2, 0) is 4.79 Å². The van der Waals surface area contributed by atoms with Gasteiger partial charge in [-0.2, -0.15) is 16.4 Å². The number of imidazole rings is 1. The van der Waals surface area contributed by atoms with Crippen molar-refractivity contribution >= 4 is 45.1 Å². The fourth-order valence-corrected chi connectivity index (χ4v) is 4.77. The number of rotatable bonds is 7. The van der Waals surface area contributed by atoms with E-state index in [0.717, 1.165) is 46.3 Å². The summed E-state index contributed by atoms with van der Waals surface area (Å²) in [6.45, 7) is 2.06. The Kier molecular flexibility index (Phi) is 5.70. The van der Waals surface area contributed by atoms with Crippen LogP contribution in [0.15, 0.2) is 59.7 Å². The smallest absolute Gasteiger partial charge is 0.224 e. The molecule has 0 saturated carbocycles. The fourth-order valence-electron chi connectivity index (χ4n) is 4.12. The lowest BCUT2D eigenvalue weighted by atomic mass is 10.1. The van der Waals surface area contributed by atoms with Crippen molar-refractivity contribution in [3.8, 4) is 33.9 Å². The lowest BCUT2D eigenvalue weighted by Gasteiger charge is -2.07. The number of carbonyl (C=O) groups is 1.